The van der Waals surface area contributed by atoms with Gasteiger partial charge in [0.15, 0.2) is 0 Å². The van der Waals surface area contributed by atoms with Crippen molar-refractivity contribution in [2.75, 3.05) is 0 Å². The van der Waals surface area contributed by atoms with E-state index in [9.17, 15) is 4.39 Å². The molecule has 2 heterocycles. The van der Waals surface area contributed by atoms with E-state index in [1.54, 1.807) is 12.1 Å². The molecule has 0 saturated heterocycles. The Morgan fingerprint density at radius 2 is 1.95 bits per heavy atom. The molecule has 0 spiro atoms. The number of hydrogen-bond acceptors (Lipinski definition) is 2. The highest BCUT2D eigenvalue weighted by molar-refractivity contribution is 5.41. The van der Waals surface area contributed by atoms with Gasteiger partial charge in [0, 0.05) is 24.5 Å². The van der Waals surface area contributed by atoms with Gasteiger partial charge < -0.3 is 9.72 Å². The van der Waals surface area contributed by atoms with Crippen molar-refractivity contribution in [3.05, 3.63) is 71.4 Å². The predicted octanol–water partition coefficient (Wildman–Crippen LogP) is 3.63. The number of halogens is 1. The molecule has 2 aromatic heterocycles. The molecule has 0 aliphatic rings. The number of benzene rings is 1. The first-order valence-corrected chi connectivity index (χ1v) is 7.06. The quantitative estimate of drug-likeness (QED) is 0.792. The van der Waals surface area contributed by atoms with E-state index < -0.39 is 0 Å². The van der Waals surface area contributed by atoms with Crippen LogP contribution in [0.2, 0.25) is 0 Å². The lowest BCUT2D eigenvalue weighted by molar-refractivity contribution is 0.566. The van der Waals surface area contributed by atoms with Crippen molar-refractivity contribution in [2.24, 2.45) is 0 Å². The molecule has 3 rings (SSSR count). The van der Waals surface area contributed by atoms with Crippen molar-refractivity contribution in [3.63, 3.8) is 0 Å². The van der Waals surface area contributed by atoms with E-state index in [2.05, 4.69) is 40.8 Å². The Morgan fingerprint density at radius 1 is 1.19 bits per heavy atom. The molecule has 21 heavy (non-hydrogen) atoms. The number of pyridine rings is 1. The Labute approximate surface area is 123 Å². The molecule has 0 amide bonds. The molecular formula is C17H18FN3. The molecule has 1 aromatic carbocycles. The molecule has 0 fully saturated rings. The first-order chi connectivity index (χ1) is 10.1. The molecule has 0 saturated carbocycles. The number of nitrogens with one attached hydrogen (secondary N) is 1. The van der Waals surface area contributed by atoms with Gasteiger partial charge in [-0.3, -0.25) is 0 Å². The molecule has 3 aromatic rings. The Balaban J connectivity index is 1.71. The predicted molar refractivity (Wildman–Crippen MR) is 81.6 cm³/mol. The van der Waals surface area contributed by atoms with Gasteiger partial charge in [0.2, 0.25) is 0 Å². The van der Waals surface area contributed by atoms with Crippen molar-refractivity contribution in [3.8, 4) is 0 Å². The fourth-order valence-electron chi connectivity index (χ4n) is 2.41. The zero-order valence-corrected chi connectivity index (χ0v) is 12.2. The lowest BCUT2D eigenvalue weighted by atomic mass is 10.1. The van der Waals surface area contributed by atoms with Gasteiger partial charge in [-0.2, -0.15) is 0 Å². The van der Waals surface area contributed by atoms with Gasteiger partial charge in [-0.25, -0.2) is 9.37 Å². The van der Waals surface area contributed by atoms with E-state index >= 15 is 0 Å². The summed E-state index contributed by atoms with van der Waals surface area (Å²) in [7, 11) is 0. The lowest BCUT2D eigenvalue weighted by Crippen LogP contribution is -2.18. The summed E-state index contributed by atoms with van der Waals surface area (Å²) < 4.78 is 15.0. The smallest absolute Gasteiger partial charge is 0.137 e. The minimum atomic E-state index is -0.207. The van der Waals surface area contributed by atoms with E-state index in [1.165, 1.54) is 12.1 Å². The van der Waals surface area contributed by atoms with Gasteiger partial charge >= 0.3 is 0 Å². The van der Waals surface area contributed by atoms with Crippen LogP contribution in [0.5, 0.6) is 0 Å². The summed E-state index contributed by atoms with van der Waals surface area (Å²) in [5.41, 5.74) is 4.19. The van der Waals surface area contributed by atoms with Crippen molar-refractivity contribution >= 4 is 5.65 Å². The third-order valence-electron chi connectivity index (χ3n) is 3.71. The van der Waals surface area contributed by atoms with Crippen LogP contribution in [0.4, 0.5) is 4.39 Å². The molecular weight excluding hydrogens is 265 g/mol. The molecule has 4 heteroatoms. The second kappa shape index (κ2) is 5.66. The number of rotatable bonds is 4. The maximum atomic E-state index is 12.9. The maximum Gasteiger partial charge on any atom is 0.137 e. The van der Waals surface area contributed by atoms with E-state index in [-0.39, 0.29) is 11.9 Å². The number of imidazole rings is 1. The van der Waals surface area contributed by atoms with E-state index in [0.29, 0.717) is 6.54 Å². The number of aromatic nitrogens is 2. The second-order valence-electron chi connectivity index (χ2n) is 5.28. The monoisotopic (exact) mass is 283 g/mol. The first-order valence-electron chi connectivity index (χ1n) is 7.06. The second-order valence-corrected chi connectivity index (χ2v) is 5.28. The highest BCUT2D eigenvalue weighted by Crippen LogP contribution is 2.14. The summed E-state index contributed by atoms with van der Waals surface area (Å²) in [5, 5.41) is 3.42. The van der Waals surface area contributed by atoms with E-state index in [0.717, 1.165) is 22.6 Å². The Bertz CT molecular complexity index is 746. The topological polar surface area (TPSA) is 29.3 Å². The van der Waals surface area contributed by atoms with E-state index in [1.807, 2.05) is 12.1 Å². The van der Waals surface area contributed by atoms with Crippen molar-refractivity contribution < 1.29 is 4.39 Å². The molecule has 0 unspecified atom stereocenters. The zero-order chi connectivity index (χ0) is 14.8. The average Bonchev–Trinajstić information content (AvgIpc) is 2.90. The van der Waals surface area contributed by atoms with Gasteiger partial charge in [0.05, 0.1) is 5.69 Å². The van der Waals surface area contributed by atoms with Crippen LogP contribution in [0.15, 0.2) is 48.7 Å². The van der Waals surface area contributed by atoms with Crippen LogP contribution in [0.3, 0.4) is 0 Å². The van der Waals surface area contributed by atoms with Gasteiger partial charge in [-0.1, -0.05) is 18.2 Å². The molecule has 108 valence electrons. The minimum Gasteiger partial charge on any atom is -0.305 e. The Morgan fingerprint density at radius 3 is 2.67 bits per heavy atom. The van der Waals surface area contributed by atoms with Gasteiger partial charge in [-0.15, -0.1) is 0 Å². The number of aryl methyl sites for hydroxylation is 1. The molecule has 0 aliphatic heterocycles. The highest BCUT2D eigenvalue weighted by Gasteiger charge is 2.07. The third-order valence-corrected chi connectivity index (χ3v) is 3.71. The third kappa shape index (κ3) is 2.95. The highest BCUT2D eigenvalue weighted by atomic mass is 19.1. The summed E-state index contributed by atoms with van der Waals surface area (Å²) in [6.07, 6.45) is 2.05. The summed E-state index contributed by atoms with van der Waals surface area (Å²) in [5.74, 6) is -0.207. The number of nitrogens with zero attached hydrogens (tertiary/aromatic N) is 2. The van der Waals surface area contributed by atoms with Crippen LogP contribution in [0.1, 0.15) is 29.9 Å². The molecule has 0 bridgehead atoms. The fraction of sp³-hybridized carbons (Fsp3) is 0.235. The maximum absolute atomic E-state index is 12.9. The zero-order valence-electron chi connectivity index (χ0n) is 12.2. The molecule has 3 nitrogen and oxygen atoms in total. The normalized spacial score (nSPS) is 12.7. The molecule has 1 atom stereocenters. The van der Waals surface area contributed by atoms with E-state index in [4.69, 9.17) is 0 Å². The summed E-state index contributed by atoms with van der Waals surface area (Å²) in [4.78, 5) is 4.59. The SMILES string of the molecule is Cc1cccc2nc(CN[C@@H](C)c3ccc(F)cc3)cn12. The van der Waals surface area contributed by atoms with Gasteiger partial charge in [0.1, 0.15) is 11.5 Å². The van der Waals surface area contributed by atoms with Crippen LogP contribution >= 0.6 is 0 Å². The van der Waals surface area contributed by atoms with Gasteiger partial charge in [-0.05, 0) is 43.7 Å². The minimum absolute atomic E-state index is 0.150. The fourth-order valence-corrected chi connectivity index (χ4v) is 2.41. The molecule has 0 radical (unpaired) electrons. The largest absolute Gasteiger partial charge is 0.305 e. The first kappa shape index (κ1) is 13.8. The van der Waals surface area contributed by atoms with Crippen LogP contribution < -0.4 is 5.32 Å². The Hall–Kier alpha value is -2.20. The number of hydrogen-bond donors (Lipinski definition) is 1. The standard InChI is InChI=1S/C17H18FN3/c1-12-4-3-5-17-20-16(11-21(12)17)10-19-13(2)14-6-8-15(18)9-7-14/h3-9,11,13,19H,10H2,1-2H3/t13-/m0/s1. The Kier molecular flexibility index (Phi) is 3.71. The van der Waals surface area contributed by atoms with Crippen LogP contribution in [0, 0.1) is 12.7 Å². The van der Waals surface area contributed by atoms with Crippen molar-refractivity contribution in [2.45, 2.75) is 26.4 Å². The van der Waals surface area contributed by atoms with Crippen LogP contribution in [-0.4, -0.2) is 9.38 Å². The number of fused-ring (bicyclic) bond motifs is 1. The molecule has 0 aliphatic carbocycles. The van der Waals surface area contributed by atoms with Gasteiger partial charge in [0.25, 0.3) is 0 Å². The molecule has 1 N–H and O–H groups in total. The summed E-state index contributed by atoms with van der Waals surface area (Å²) in [6.45, 7) is 4.81. The summed E-state index contributed by atoms with van der Waals surface area (Å²) >= 11 is 0. The van der Waals surface area contributed by atoms with Crippen LogP contribution in [0.25, 0.3) is 5.65 Å². The van der Waals surface area contributed by atoms with Crippen LogP contribution in [-0.2, 0) is 6.54 Å². The lowest BCUT2D eigenvalue weighted by Gasteiger charge is -2.13. The average molecular weight is 283 g/mol. The summed E-state index contributed by atoms with van der Waals surface area (Å²) in [6, 6.07) is 12.8. The van der Waals surface area contributed by atoms with Crippen molar-refractivity contribution in [1.82, 2.24) is 14.7 Å². The van der Waals surface area contributed by atoms with Crippen molar-refractivity contribution in [1.29, 1.82) is 0 Å².